The van der Waals surface area contributed by atoms with Crippen LogP contribution in [0.3, 0.4) is 0 Å². The summed E-state index contributed by atoms with van der Waals surface area (Å²) < 4.78 is 10.3. The van der Waals surface area contributed by atoms with Gasteiger partial charge in [-0.1, -0.05) is 0 Å². The summed E-state index contributed by atoms with van der Waals surface area (Å²) in [5.41, 5.74) is -0.222. The molecule has 9 nitrogen and oxygen atoms in total. The van der Waals surface area contributed by atoms with E-state index < -0.39 is 4.92 Å². The third-order valence-electron chi connectivity index (χ3n) is 4.15. The van der Waals surface area contributed by atoms with Gasteiger partial charge in [-0.15, -0.1) is 0 Å². The molecule has 0 saturated carbocycles. The van der Waals surface area contributed by atoms with E-state index >= 15 is 0 Å². The first kappa shape index (κ1) is 19.4. The third kappa shape index (κ3) is 4.78. The predicted molar refractivity (Wildman–Crippen MR) is 89.9 cm³/mol. The molecule has 9 heteroatoms. The minimum Gasteiger partial charge on any atom is -0.483 e. The molecule has 0 unspecified atom stereocenters. The van der Waals surface area contributed by atoms with E-state index in [4.69, 9.17) is 9.47 Å². The molecule has 0 aromatic heterocycles. The molecule has 0 radical (unpaired) electrons. The van der Waals surface area contributed by atoms with Crippen LogP contribution in [0.15, 0.2) is 18.2 Å². The van der Waals surface area contributed by atoms with Gasteiger partial charge in [-0.25, -0.2) is 0 Å². The molecule has 1 aliphatic rings. The first-order valence-electron chi connectivity index (χ1n) is 8.27. The highest BCUT2D eigenvalue weighted by Crippen LogP contribution is 2.23. The molecule has 2 rings (SSSR count). The SMILES string of the molecule is CCOC(=O)C1CCN(C(=O)COc2ccc([N+](=O)[O-])cc2C=O)CC1. The van der Waals surface area contributed by atoms with Gasteiger partial charge in [-0.05, 0) is 25.8 Å². The van der Waals surface area contributed by atoms with Gasteiger partial charge in [0.25, 0.3) is 11.6 Å². The van der Waals surface area contributed by atoms with Gasteiger partial charge in [0.1, 0.15) is 5.75 Å². The molecule has 1 aromatic rings. The van der Waals surface area contributed by atoms with Gasteiger partial charge in [0.05, 0.1) is 23.0 Å². The van der Waals surface area contributed by atoms with Gasteiger partial charge < -0.3 is 14.4 Å². The number of carbonyl (C=O) groups is 3. The van der Waals surface area contributed by atoms with Crippen molar-refractivity contribution in [3.05, 3.63) is 33.9 Å². The molecule has 1 fully saturated rings. The minimum atomic E-state index is -0.615. The average Bonchev–Trinajstić information content (AvgIpc) is 2.66. The fourth-order valence-corrected chi connectivity index (χ4v) is 2.73. The molecular formula is C17H20N2O7. The summed E-state index contributed by atoms with van der Waals surface area (Å²) >= 11 is 0. The number of hydrogen-bond donors (Lipinski definition) is 0. The number of nitrogens with zero attached hydrogens (tertiary/aromatic N) is 2. The summed E-state index contributed by atoms with van der Waals surface area (Å²) in [7, 11) is 0. The summed E-state index contributed by atoms with van der Waals surface area (Å²) in [6, 6.07) is 3.59. The number of ether oxygens (including phenoxy) is 2. The number of amides is 1. The topological polar surface area (TPSA) is 116 Å². The van der Waals surface area contributed by atoms with Crippen molar-refractivity contribution in [2.75, 3.05) is 26.3 Å². The standard InChI is InChI=1S/C17H20N2O7/c1-2-25-17(22)12-5-7-18(8-6-12)16(21)11-26-15-4-3-14(19(23)24)9-13(15)10-20/h3-4,9-10,12H,2,5-8,11H2,1H3. The number of hydrogen-bond acceptors (Lipinski definition) is 7. The van der Waals surface area contributed by atoms with Crippen molar-refractivity contribution in [1.82, 2.24) is 4.90 Å². The lowest BCUT2D eigenvalue weighted by Crippen LogP contribution is -2.42. The number of piperidine rings is 1. The molecule has 1 aromatic carbocycles. The maximum Gasteiger partial charge on any atom is 0.309 e. The zero-order chi connectivity index (χ0) is 19.1. The summed E-state index contributed by atoms with van der Waals surface area (Å²) in [5.74, 6) is -0.600. The molecule has 1 heterocycles. The van der Waals surface area contributed by atoms with Crippen molar-refractivity contribution < 1.29 is 28.8 Å². The van der Waals surface area contributed by atoms with E-state index in [1.807, 2.05) is 0 Å². The number of esters is 1. The number of non-ortho nitro benzene ring substituents is 1. The molecule has 0 bridgehead atoms. The number of carbonyl (C=O) groups excluding carboxylic acids is 3. The Balaban J connectivity index is 1.89. The first-order valence-corrected chi connectivity index (χ1v) is 8.27. The number of aldehydes is 1. The number of nitro benzene ring substituents is 1. The Bertz CT molecular complexity index is 696. The molecule has 0 aliphatic carbocycles. The third-order valence-corrected chi connectivity index (χ3v) is 4.15. The van der Waals surface area contributed by atoms with E-state index in [2.05, 4.69) is 0 Å². The lowest BCUT2D eigenvalue weighted by molar-refractivity contribution is -0.384. The Labute approximate surface area is 150 Å². The number of nitro groups is 1. The van der Waals surface area contributed by atoms with E-state index in [1.54, 1.807) is 11.8 Å². The van der Waals surface area contributed by atoms with Gasteiger partial charge in [0.2, 0.25) is 0 Å². The van der Waals surface area contributed by atoms with Crippen LogP contribution in [0.5, 0.6) is 5.75 Å². The van der Waals surface area contributed by atoms with E-state index in [1.165, 1.54) is 12.1 Å². The molecular weight excluding hydrogens is 344 g/mol. The Morgan fingerprint density at radius 3 is 2.62 bits per heavy atom. The van der Waals surface area contributed by atoms with E-state index in [9.17, 15) is 24.5 Å². The largest absolute Gasteiger partial charge is 0.483 e. The van der Waals surface area contributed by atoms with Crippen LogP contribution in [0.2, 0.25) is 0 Å². The van der Waals surface area contributed by atoms with Gasteiger partial charge in [0.15, 0.2) is 12.9 Å². The number of benzene rings is 1. The summed E-state index contributed by atoms with van der Waals surface area (Å²) in [5, 5.41) is 10.7. The zero-order valence-electron chi connectivity index (χ0n) is 14.4. The van der Waals surface area contributed by atoms with Gasteiger partial charge >= 0.3 is 5.97 Å². The summed E-state index contributed by atoms with van der Waals surface area (Å²) in [6.45, 7) is 2.64. The van der Waals surface area contributed by atoms with Gasteiger partial charge in [-0.3, -0.25) is 24.5 Å². The average molecular weight is 364 g/mol. The smallest absolute Gasteiger partial charge is 0.309 e. The lowest BCUT2D eigenvalue weighted by Gasteiger charge is -2.30. The fraction of sp³-hybridized carbons (Fsp3) is 0.471. The molecule has 1 saturated heterocycles. The van der Waals surface area contributed by atoms with Gasteiger partial charge in [-0.2, -0.15) is 0 Å². The van der Waals surface area contributed by atoms with Crippen molar-refractivity contribution in [3.8, 4) is 5.75 Å². The molecule has 1 aliphatic heterocycles. The summed E-state index contributed by atoms with van der Waals surface area (Å²) in [6.07, 6.45) is 1.50. The summed E-state index contributed by atoms with van der Waals surface area (Å²) in [4.78, 5) is 46.7. The van der Waals surface area contributed by atoms with E-state index in [-0.39, 0.29) is 41.4 Å². The second-order valence-electron chi connectivity index (χ2n) is 5.79. The quantitative estimate of drug-likeness (QED) is 0.312. The van der Waals surface area contributed by atoms with Crippen molar-refractivity contribution in [2.45, 2.75) is 19.8 Å². The van der Waals surface area contributed by atoms with Crippen LogP contribution in [0.1, 0.15) is 30.1 Å². The Morgan fingerprint density at radius 2 is 2.04 bits per heavy atom. The number of likely N-dealkylation sites (tertiary alicyclic amines) is 1. The highest BCUT2D eigenvalue weighted by atomic mass is 16.6. The van der Waals surface area contributed by atoms with Crippen molar-refractivity contribution in [2.24, 2.45) is 5.92 Å². The normalized spacial score (nSPS) is 14.6. The molecule has 0 atom stereocenters. The maximum absolute atomic E-state index is 12.2. The van der Waals surface area contributed by atoms with Crippen LogP contribution in [-0.2, 0) is 14.3 Å². The first-order chi connectivity index (χ1) is 12.5. The van der Waals surface area contributed by atoms with Crippen LogP contribution in [-0.4, -0.2) is 54.3 Å². The molecule has 1 amide bonds. The molecule has 140 valence electrons. The van der Waals surface area contributed by atoms with Crippen LogP contribution >= 0.6 is 0 Å². The molecule has 0 N–H and O–H groups in total. The Kier molecular flexibility index (Phi) is 6.65. The van der Waals surface area contributed by atoms with Crippen molar-refractivity contribution >= 4 is 23.9 Å². The second-order valence-corrected chi connectivity index (χ2v) is 5.79. The van der Waals surface area contributed by atoms with Crippen molar-refractivity contribution in [3.63, 3.8) is 0 Å². The predicted octanol–water partition coefficient (Wildman–Crippen LogP) is 1.59. The van der Waals surface area contributed by atoms with Crippen LogP contribution < -0.4 is 4.74 Å². The van der Waals surface area contributed by atoms with Crippen molar-refractivity contribution in [1.29, 1.82) is 0 Å². The van der Waals surface area contributed by atoms with E-state index in [0.29, 0.717) is 38.8 Å². The Hall–Kier alpha value is -2.97. The Morgan fingerprint density at radius 1 is 1.35 bits per heavy atom. The monoisotopic (exact) mass is 364 g/mol. The minimum absolute atomic E-state index is 0.00743. The highest BCUT2D eigenvalue weighted by molar-refractivity contribution is 5.82. The number of rotatable bonds is 7. The van der Waals surface area contributed by atoms with Crippen LogP contribution in [0.4, 0.5) is 5.69 Å². The van der Waals surface area contributed by atoms with Crippen LogP contribution in [0.25, 0.3) is 0 Å². The molecule has 26 heavy (non-hydrogen) atoms. The van der Waals surface area contributed by atoms with Gasteiger partial charge in [0, 0.05) is 25.2 Å². The fourth-order valence-electron chi connectivity index (χ4n) is 2.73. The van der Waals surface area contributed by atoms with Crippen LogP contribution in [0, 0.1) is 16.0 Å². The highest BCUT2D eigenvalue weighted by Gasteiger charge is 2.28. The molecule has 0 spiro atoms. The van der Waals surface area contributed by atoms with E-state index in [0.717, 1.165) is 6.07 Å². The zero-order valence-corrected chi connectivity index (χ0v) is 14.4. The second kappa shape index (κ2) is 8.93. The lowest BCUT2D eigenvalue weighted by atomic mass is 9.97. The maximum atomic E-state index is 12.2.